The monoisotopic (exact) mass is 225 g/mol. The number of thiazole rings is 1. The summed E-state index contributed by atoms with van der Waals surface area (Å²) in [4.78, 5) is 7.85. The molecular weight excluding hydrogens is 206 g/mol. The van der Waals surface area contributed by atoms with Crippen molar-refractivity contribution in [2.75, 3.05) is 24.5 Å². The standard InChI is InChI=1S/C11H19N3S/c1-3-14(4-2)11-13-9-10(15-11)7-5-6-8-12/h5,7,9H,3-4,6,8,12H2,1-2H3. The number of rotatable bonds is 6. The third kappa shape index (κ3) is 3.64. The minimum Gasteiger partial charge on any atom is -0.349 e. The van der Waals surface area contributed by atoms with Gasteiger partial charge in [0.2, 0.25) is 0 Å². The highest BCUT2D eigenvalue weighted by molar-refractivity contribution is 7.16. The van der Waals surface area contributed by atoms with E-state index < -0.39 is 0 Å². The first-order valence-electron chi connectivity index (χ1n) is 5.39. The fourth-order valence-corrected chi connectivity index (χ4v) is 2.26. The van der Waals surface area contributed by atoms with Crippen LogP contribution in [0.2, 0.25) is 0 Å². The Hall–Kier alpha value is -0.870. The first-order chi connectivity index (χ1) is 7.31. The van der Waals surface area contributed by atoms with Crippen LogP contribution in [0.5, 0.6) is 0 Å². The molecule has 15 heavy (non-hydrogen) atoms. The van der Waals surface area contributed by atoms with Crippen molar-refractivity contribution in [3.05, 3.63) is 17.2 Å². The molecule has 0 radical (unpaired) electrons. The Morgan fingerprint density at radius 2 is 2.20 bits per heavy atom. The van der Waals surface area contributed by atoms with Gasteiger partial charge in [-0.05, 0) is 32.9 Å². The summed E-state index contributed by atoms with van der Waals surface area (Å²) in [6.45, 7) is 7.02. The molecule has 0 aromatic carbocycles. The van der Waals surface area contributed by atoms with Crippen molar-refractivity contribution in [2.45, 2.75) is 20.3 Å². The van der Waals surface area contributed by atoms with Crippen molar-refractivity contribution in [1.82, 2.24) is 4.98 Å². The molecule has 3 nitrogen and oxygen atoms in total. The Bertz CT molecular complexity index is 303. The lowest BCUT2D eigenvalue weighted by molar-refractivity contribution is 0.860. The molecule has 0 amide bonds. The number of aromatic nitrogens is 1. The van der Waals surface area contributed by atoms with Crippen molar-refractivity contribution in [3.8, 4) is 0 Å². The number of hydrogen-bond donors (Lipinski definition) is 1. The Morgan fingerprint density at radius 1 is 1.47 bits per heavy atom. The first-order valence-corrected chi connectivity index (χ1v) is 6.20. The molecule has 2 N–H and O–H groups in total. The van der Waals surface area contributed by atoms with E-state index in [1.54, 1.807) is 11.3 Å². The maximum absolute atomic E-state index is 5.42. The van der Waals surface area contributed by atoms with E-state index in [4.69, 9.17) is 5.73 Å². The quantitative estimate of drug-likeness (QED) is 0.808. The molecule has 84 valence electrons. The highest BCUT2D eigenvalue weighted by Gasteiger charge is 2.05. The van der Waals surface area contributed by atoms with E-state index in [0.29, 0.717) is 6.54 Å². The van der Waals surface area contributed by atoms with Crippen molar-refractivity contribution in [3.63, 3.8) is 0 Å². The molecule has 0 fully saturated rings. The summed E-state index contributed by atoms with van der Waals surface area (Å²) in [5, 5.41) is 1.10. The molecule has 4 heteroatoms. The smallest absolute Gasteiger partial charge is 0.185 e. The number of anilines is 1. The number of hydrogen-bond acceptors (Lipinski definition) is 4. The Kier molecular flexibility index (Phi) is 5.36. The Balaban J connectivity index is 2.62. The third-order valence-electron chi connectivity index (χ3n) is 2.16. The largest absolute Gasteiger partial charge is 0.349 e. The van der Waals surface area contributed by atoms with Crippen LogP contribution in [0.4, 0.5) is 5.13 Å². The lowest BCUT2D eigenvalue weighted by atomic mass is 10.3. The van der Waals surface area contributed by atoms with Gasteiger partial charge in [0.05, 0.1) is 0 Å². The SMILES string of the molecule is CCN(CC)c1ncc(C=CCCN)s1. The van der Waals surface area contributed by atoms with E-state index in [0.717, 1.165) is 24.6 Å². The lowest BCUT2D eigenvalue weighted by Gasteiger charge is -2.16. The van der Waals surface area contributed by atoms with Crippen LogP contribution in [0.1, 0.15) is 25.1 Å². The highest BCUT2D eigenvalue weighted by atomic mass is 32.1. The minimum atomic E-state index is 0.707. The van der Waals surface area contributed by atoms with Crippen LogP contribution in [0.25, 0.3) is 6.08 Å². The van der Waals surface area contributed by atoms with Gasteiger partial charge in [-0.2, -0.15) is 0 Å². The van der Waals surface area contributed by atoms with Gasteiger partial charge < -0.3 is 10.6 Å². The van der Waals surface area contributed by atoms with Gasteiger partial charge in [0.1, 0.15) is 0 Å². The molecule has 0 spiro atoms. The first kappa shape index (κ1) is 12.2. The van der Waals surface area contributed by atoms with E-state index in [1.807, 2.05) is 6.20 Å². The maximum atomic E-state index is 5.42. The van der Waals surface area contributed by atoms with Gasteiger partial charge in [-0.25, -0.2) is 4.98 Å². The van der Waals surface area contributed by atoms with E-state index >= 15 is 0 Å². The summed E-state index contributed by atoms with van der Waals surface area (Å²) in [6.07, 6.45) is 7.04. The zero-order valence-corrected chi connectivity index (χ0v) is 10.3. The van der Waals surface area contributed by atoms with Crippen LogP contribution in [0.3, 0.4) is 0 Å². The molecule has 0 bridgehead atoms. The van der Waals surface area contributed by atoms with Crippen LogP contribution in [0, 0.1) is 0 Å². The van der Waals surface area contributed by atoms with Crippen LogP contribution in [-0.4, -0.2) is 24.6 Å². The molecule has 0 aliphatic rings. The van der Waals surface area contributed by atoms with Gasteiger partial charge in [-0.15, -0.1) is 0 Å². The summed E-state index contributed by atoms with van der Waals surface area (Å²) in [7, 11) is 0. The molecule has 1 aromatic heterocycles. The van der Waals surface area contributed by atoms with E-state index in [9.17, 15) is 0 Å². The zero-order chi connectivity index (χ0) is 11.1. The van der Waals surface area contributed by atoms with Gasteiger partial charge in [-0.3, -0.25) is 0 Å². The van der Waals surface area contributed by atoms with E-state index in [2.05, 4.69) is 35.9 Å². The highest BCUT2D eigenvalue weighted by Crippen LogP contribution is 2.23. The Labute approximate surface area is 95.6 Å². The fourth-order valence-electron chi connectivity index (χ4n) is 1.29. The molecule has 1 heterocycles. The molecule has 0 unspecified atom stereocenters. The summed E-state index contributed by atoms with van der Waals surface area (Å²) >= 11 is 1.73. The van der Waals surface area contributed by atoms with E-state index in [-0.39, 0.29) is 0 Å². The summed E-state index contributed by atoms with van der Waals surface area (Å²) in [5.74, 6) is 0. The average molecular weight is 225 g/mol. The van der Waals surface area contributed by atoms with Crippen molar-refractivity contribution in [1.29, 1.82) is 0 Å². The molecule has 1 rings (SSSR count). The van der Waals surface area contributed by atoms with Gasteiger partial charge in [0.25, 0.3) is 0 Å². The predicted molar refractivity (Wildman–Crippen MR) is 68.4 cm³/mol. The van der Waals surface area contributed by atoms with Crippen molar-refractivity contribution in [2.24, 2.45) is 5.73 Å². The summed E-state index contributed by atoms with van der Waals surface area (Å²) in [6, 6.07) is 0. The van der Waals surface area contributed by atoms with Gasteiger partial charge in [-0.1, -0.05) is 17.4 Å². The van der Waals surface area contributed by atoms with Crippen LogP contribution < -0.4 is 10.6 Å². The molecule has 1 aromatic rings. The lowest BCUT2D eigenvalue weighted by Crippen LogP contribution is -2.21. The van der Waals surface area contributed by atoms with E-state index in [1.165, 1.54) is 4.88 Å². The van der Waals surface area contributed by atoms with Crippen molar-refractivity contribution < 1.29 is 0 Å². The van der Waals surface area contributed by atoms with Gasteiger partial charge in [0, 0.05) is 24.2 Å². The second kappa shape index (κ2) is 6.58. The number of nitrogens with zero attached hydrogens (tertiary/aromatic N) is 2. The van der Waals surface area contributed by atoms with Crippen LogP contribution in [0.15, 0.2) is 12.3 Å². The average Bonchev–Trinajstić information content (AvgIpc) is 2.69. The second-order valence-corrected chi connectivity index (χ2v) is 4.24. The molecule has 0 atom stereocenters. The van der Waals surface area contributed by atoms with Crippen molar-refractivity contribution >= 4 is 22.5 Å². The second-order valence-electron chi connectivity index (χ2n) is 3.20. The fraction of sp³-hybridized carbons (Fsp3) is 0.545. The predicted octanol–water partition coefficient (Wildman–Crippen LogP) is 2.35. The number of nitrogens with two attached hydrogens (primary N) is 1. The zero-order valence-electron chi connectivity index (χ0n) is 9.44. The normalized spacial score (nSPS) is 11.1. The summed E-state index contributed by atoms with van der Waals surface area (Å²) in [5.41, 5.74) is 5.42. The minimum absolute atomic E-state index is 0.707. The van der Waals surface area contributed by atoms with Gasteiger partial charge >= 0.3 is 0 Å². The Morgan fingerprint density at radius 3 is 2.80 bits per heavy atom. The maximum Gasteiger partial charge on any atom is 0.185 e. The topological polar surface area (TPSA) is 42.2 Å². The molecule has 0 saturated carbocycles. The molecule has 0 aliphatic carbocycles. The van der Waals surface area contributed by atoms with Gasteiger partial charge in [0.15, 0.2) is 5.13 Å². The third-order valence-corrected chi connectivity index (χ3v) is 3.18. The van der Waals surface area contributed by atoms with Crippen LogP contribution >= 0.6 is 11.3 Å². The van der Waals surface area contributed by atoms with Crippen LogP contribution in [-0.2, 0) is 0 Å². The molecule has 0 aliphatic heterocycles. The molecular formula is C11H19N3S. The summed E-state index contributed by atoms with van der Waals surface area (Å²) < 4.78 is 0. The molecule has 0 saturated heterocycles.